The van der Waals surface area contributed by atoms with Crippen LogP contribution < -0.4 is 0 Å². The summed E-state index contributed by atoms with van der Waals surface area (Å²) in [6.45, 7) is 2.02. The van der Waals surface area contributed by atoms with Gasteiger partial charge in [0.25, 0.3) is 0 Å². The van der Waals surface area contributed by atoms with E-state index in [2.05, 4.69) is 15.3 Å². The van der Waals surface area contributed by atoms with Gasteiger partial charge in [0, 0.05) is 12.2 Å². The minimum Gasteiger partial charge on any atom is -0.207 e. The lowest BCUT2D eigenvalue weighted by molar-refractivity contribution is 0.627. The highest BCUT2D eigenvalue weighted by atomic mass is 32.2. The van der Waals surface area contributed by atoms with Crippen LogP contribution in [-0.4, -0.2) is 26.3 Å². The van der Waals surface area contributed by atoms with E-state index in [0.717, 1.165) is 34.4 Å². The molecule has 1 aliphatic rings. The van der Waals surface area contributed by atoms with Crippen molar-refractivity contribution in [3.05, 3.63) is 41.5 Å². The number of rotatable bonds is 2. The SMILES string of the molecule is CCc1nnc2n1N=C(c1ccc(F)cc1)CS2. The molecule has 18 heavy (non-hydrogen) atoms. The van der Waals surface area contributed by atoms with E-state index in [-0.39, 0.29) is 5.82 Å². The van der Waals surface area contributed by atoms with Crippen LogP contribution in [-0.2, 0) is 6.42 Å². The van der Waals surface area contributed by atoms with Gasteiger partial charge in [0.2, 0.25) is 5.16 Å². The van der Waals surface area contributed by atoms with E-state index in [1.54, 1.807) is 28.6 Å². The van der Waals surface area contributed by atoms with Crippen LogP contribution in [0.5, 0.6) is 0 Å². The zero-order valence-electron chi connectivity index (χ0n) is 9.80. The number of fused-ring (bicyclic) bond motifs is 1. The zero-order valence-corrected chi connectivity index (χ0v) is 10.6. The maximum atomic E-state index is 12.9. The predicted molar refractivity (Wildman–Crippen MR) is 68.5 cm³/mol. The normalized spacial score (nSPS) is 14.2. The number of hydrogen-bond acceptors (Lipinski definition) is 4. The van der Waals surface area contributed by atoms with Crippen LogP contribution in [0.2, 0.25) is 0 Å². The Balaban J connectivity index is 2.02. The molecule has 2 aromatic rings. The minimum atomic E-state index is -0.234. The number of halogens is 1. The molecule has 4 nitrogen and oxygen atoms in total. The number of benzene rings is 1. The molecule has 0 N–H and O–H groups in total. The first-order chi connectivity index (χ1) is 8.78. The van der Waals surface area contributed by atoms with Crippen molar-refractivity contribution < 1.29 is 4.39 Å². The first kappa shape index (κ1) is 11.4. The van der Waals surface area contributed by atoms with Gasteiger partial charge in [-0.1, -0.05) is 30.8 Å². The Morgan fingerprint density at radius 3 is 2.78 bits per heavy atom. The van der Waals surface area contributed by atoms with Crippen LogP contribution >= 0.6 is 11.8 Å². The largest absolute Gasteiger partial charge is 0.212 e. The first-order valence-electron chi connectivity index (χ1n) is 5.69. The molecule has 0 atom stereocenters. The number of hydrogen-bond donors (Lipinski definition) is 0. The molecule has 0 bridgehead atoms. The average molecular weight is 262 g/mol. The molecular formula is C12H11FN4S. The van der Waals surface area contributed by atoms with E-state index in [4.69, 9.17) is 0 Å². The number of thioether (sulfide) groups is 1. The highest BCUT2D eigenvalue weighted by Gasteiger charge is 2.18. The van der Waals surface area contributed by atoms with Crippen molar-refractivity contribution in [3.63, 3.8) is 0 Å². The molecule has 92 valence electrons. The molecule has 1 aromatic carbocycles. The van der Waals surface area contributed by atoms with Gasteiger partial charge in [-0.15, -0.1) is 10.2 Å². The summed E-state index contributed by atoms with van der Waals surface area (Å²) in [5, 5.41) is 13.5. The van der Waals surface area contributed by atoms with Gasteiger partial charge < -0.3 is 0 Å². The Bertz CT molecular complexity index is 603. The Morgan fingerprint density at radius 2 is 2.06 bits per heavy atom. The molecular weight excluding hydrogens is 251 g/mol. The molecule has 6 heteroatoms. The topological polar surface area (TPSA) is 43.1 Å². The summed E-state index contributed by atoms with van der Waals surface area (Å²) < 4.78 is 14.7. The standard InChI is InChI=1S/C12H11FN4S/c1-2-11-14-15-12-17(11)16-10(7-18-12)8-3-5-9(13)6-4-8/h3-6H,2,7H2,1H3. The Labute approximate surface area is 108 Å². The van der Waals surface area contributed by atoms with E-state index in [0.29, 0.717) is 0 Å². The zero-order chi connectivity index (χ0) is 12.5. The van der Waals surface area contributed by atoms with Gasteiger partial charge in [0.15, 0.2) is 5.82 Å². The molecule has 0 radical (unpaired) electrons. The molecule has 0 spiro atoms. The van der Waals surface area contributed by atoms with Crippen LogP contribution in [0.25, 0.3) is 0 Å². The van der Waals surface area contributed by atoms with Crippen molar-refractivity contribution >= 4 is 17.5 Å². The Hall–Kier alpha value is -1.69. The van der Waals surface area contributed by atoms with Gasteiger partial charge in [-0.3, -0.25) is 0 Å². The molecule has 1 aliphatic heterocycles. The van der Waals surface area contributed by atoms with E-state index < -0.39 is 0 Å². The smallest absolute Gasteiger partial charge is 0.207 e. The maximum absolute atomic E-state index is 12.9. The summed E-state index contributed by atoms with van der Waals surface area (Å²) in [5.41, 5.74) is 1.85. The van der Waals surface area contributed by atoms with Crippen molar-refractivity contribution in [1.29, 1.82) is 0 Å². The second kappa shape index (κ2) is 4.53. The fraction of sp³-hybridized carbons (Fsp3) is 0.250. The fourth-order valence-corrected chi connectivity index (χ4v) is 2.63. The molecule has 0 saturated carbocycles. The van der Waals surface area contributed by atoms with E-state index >= 15 is 0 Å². The highest BCUT2D eigenvalue weighted by molar-refractivity contribution is 7.99. The van der Waals surface area contributed by atoms with Crippen LogP contribution in [0.15, 0.2) is 34.5 Å². The van der Waals surface area contributed by atoms with Gasteiger partial charge >= 0.3 is 0 Å². The lowest BCUT2D eigenvalue weighted by Gasteiger charge is -2.13. The molecule has 0 unspecified atom stereocenters. The van der Waals surface area contributed by atoms with Crippen LogP contribution in [0, 0.1) is 5.82 Å². The van der Waals surface area contributed by atoms with Crippen molar-refractivity contribution in [1.82, 2.24) is 14.9 Å². The minimum absolute atomic E-state index is 0.234. The third-order valence-electron chi connectivity index (χ3n) is 2.73. The van der Waals surface area contributed by atoms with Gasteiger partial charge in [-0.05, 0) is 17.7 Å². The van der Waals surface area contributed by atoms with Gasteiger partial charge in [-0.25, -0.2) is 4.39 Å². The molecule has 0 amide bonds. The molecule has 3 rings (SSSR count). The number of aryl methyl sites for hydroxylation is 1. The predicted octanol–water partition coefficient (Wildman–Crippen LogP) is 2.34. The van der Waals surface area contributed by atoms with E-state index in [1.807, 2.05) is 6.92 Å². The van der Waals surface area contributed by atoms with Crippen molar-refractivity contribution in [2.24, 2.45) is 5.10 Å². The summed E-state index contributed by atoms with van der Waals surface area (Å²) >= 11 is 1.60. The van der Waals surface area contributed by atoms with Gasteiger partial charge in [-0.2, -0.15) is 9.78 Å². The monoisotopic (exact) mass is 262 g/mol. The van der Waals surface area contributed by atoms with Crippen LogP contribution in [0.1, 0.15) is 18.3 Å². The summed E-state index contributed by atoms with van der Waals surface area (Å²) in [6, 6.07) is 6.39. The Kier molecular flexibility index (Phi) is 2.87. The number of aromatic nitrogens is 3. The lowest BCUT2D eigenvalue weighted by atomic mass is 10.1. The third kappa shape index (κ3) is 1.92. The molecule has 0 aliphatic carbocycles. The molecule has 2 heterocycles. The molecule has 1 aromatic heterocycles. The fourth-order valence-electron chi connectivity index (χ4n) is 1.77. The summed E-state index contributed by atoms with van der Waals surface area (Å²) in [5.74, 6) is 1.34. The maximum Gasteiger partial charge on any atom is 0.212 e. The quantitative estimate of drug-likeness (QED) is 0.834. The molecule has 0 saturated heterocycles. The summed E-state index contributed by atoms with van der Waals surface area (Å²) in [6.07, 6.45) is 0.785. The second-order valence-electron chi connectivity index (χ2n) is 3.91. The summed E-state index contributed by atoms with van der Waals surface area (Å²) in [4.78, 5) is 0. The van der Waals surface area contributed by atoms with Crippen molar-refractivity contribution in [3.8, 4) is 0 Å². The molecule has 0 fully saturated rings. The van der Waals surface area contributed by atoms with E-state index in [9.17, 15) is 4.39 Å². The van der Waals surface area contributed by atoms with Crippen molar-refractivity contribution in [2.45, 2.75) is 18.5 Å². The summed E-state index contributed by atoms with van der Waals surface area (Å²) in [7, 11) is 0. The van der Waals surface area contributed by atoms with E-state index in [1.165, 1.54) is 12.1 Å². The van der Waals surface area contributed by atoms with Gasteiger partial charge in [0.1, 0.15) is 5.82 Å². The first-order valence-corrected chi connectivity index (χ1v) is 6.67. The van der Waals surface area contributed by atoms with Crippen LogP contribution in [0.4, 0.5) is 4.39 Å². The number of nitrogens with zero attached hydrogens (tertiary/aromatic N) is 4. The third-order valence-corrected chi connectivity index (χ3v) is 3.66. The average Bonchev–Trinajstić information content (AvgIpc) is 2.81. The lowest BCUT2D eigenvalue weighted by Crippen LogP contribution is -2.14. The second-order valence-corrected chi connectivity index (χ2v) is 4.85. The van der Waals surface area contributed by atoms with Gasteiger partial charge in [0.05, 0.1) is 5.71 Å². The van der Waals surface area contributed by atoms with Crippen molar-refractivity contribution in [2.75, 3.05) is 5.75 Å². The Morgan fingerprint density at radius 1 is 1.28 bits per heavy atom. The highest BCUT2D eigenvalue weighted by Crippen LogP contribution is 2.24. The van der Waals surface area contributed by atoms with Crippen LogP contribution in [0.3, 0.4) is 0 Å².